The summed E-state index contributed by atoms with van der Waals surface area (Å²) in [5.41, 5.74) is 0.535. The van der Waals surface area contributed by atoms with E-state index in [2.05, 4.69) is 28.8 Å². The number of anilines is 1. The van der Waals surface area contributed by atoms with Crippen LogP contribution >= 0.6 is 23.4 Å². The summed E-state index contributed by atoms with van der Waals surface area (Å²) in [7, 11) is 0. The molecule has 2 N–H and O–H groups in total. The minimum atomic E-state index is -0.114. The van der Waals surface area contributed by atoms with Gasteiger partial charge < -0.3 is 10.6 Å². The first kappa shape index (κ1) is 16.1. The monoisotopic (exact) mass is 301 g/mol. The highest BCUT2D eigenvalue weighted by atomic mass is 35.5. The molecule has 0 aliphatic heterocycles. The molecule has 1 unspecified atom stereocenters. The lowest BCUT2D eigenvalue weighted by Gasteiger charge is -2.12. The molecule has 0 bridgehead atoms. The molecule has 0 aliphatic rings. The Hall–Kier alpha value is -0.940. The Kier molecular flexibility index (Phi) is 7.02. The van der Waals surface area contributed by atoms with Crippen LogP contribution in [0.3, 0.4) is 0 Å². The van der Waals surface area contributed by atoms with Gasteiger partial charge in [-0.3, -0.25) is 4.79 Å². The van der Waals surface area contributed by atoms with Gasteiger partial charge in [-0.2, -0.15) is 11.8 Å². The van der Waals surface area contributed by atoms with Crippen LogP contribution in [0, 0.1) is 5.92 Å². The summed E-state index contributed by atoms with van der Waals surface area (Å²) < 4.78 is 0. The maximum Gasteiger partial charge on any atom is 0.251 e. The summed E-state index contributed by atoms with van der Waals surface area (Å²) >= 11 is 7.68. The highest BCUT2D eigenvalue weighted by Crippen LogP contribution is 2.14. The quantitative estimate of drug-likeness (QED) is 0.760. The minimum absolute atomic E-state index is 0.114. The number of carbonyl (C=O) groups excluding carboxylic acids is 1. The van der Waals surface area contributed by atoms with Crippen molar-refractivity contribution in [2.75, 3.05) is 30.4 Å². The maximum absolute atomic E-state index is 12.0. The lowest BCUT2D eigenvalue weighted by Crippen LogP contribution is -2.29. The Labute approximate surface area is 123 Å². The van der Waals surface area contributed by atoms with Gasteiger partial charge in [-0.1, -0.05) is 18.5 Å². The van der Waals surface area contributed by atoms with Crippen LogP contribution < -0.4 is 10.6 Å². The van der Waals surface area contributed by atoms with Gasteiger partial charge in [0, 0.05) is 18.7 Å². The van der Waals surface area contributed by atoms with Gasteiger partial charge in [0.05, 0.1) is 0 Å². The van der Waals surface area contributed by atoms with Gasteiger partial charge >= 0.3 is 0 Å². The number of aromatic nitrogens is 1. The molecule has 1 heterocycles. The van der Waals surface area contributed by atoms with Crippen LogP contribution in [-0.4, -0.2) is 36.0 Å². The second-order valence-electron chi connectivity index (χ2n) is 4.36. The molecule has 0 spiro atoms. The average Bonchev–Trinajstić information content (AvgIpc) is 2.36. The summed E-state index contributed by atoms with van der Waals surface area (Å²) in [5, 5.41) is 6.28. The number of carbonyl (C=O) groups is 1. The third-order valence-corrected chi connectivity index (χ3v) is 3.57. The molecule has 19 heavy (non-hydrogen) atoms. The molecule has 0 fully saturated rings. The number of nitrogens with one attached hydrogen (secondary N) is 2. The normalized spacial score (nSPS) is 12.0. The molecule has 0 aliphatic carbocycles. The number of pyridine rings is 1. The molecular formula is C13H20ClN3OS. The van der Waals surface area contributed by atoms with Crippen LogP contribution in [0.5, 0.6) is 0 Å². The molecule has 1 atom stereocenters. The Morgan fingerprint density at radius 2 is 2.26 bits per heavy atom. The van der Waals surface area contributed by atoms with E-state index in [1.165, 1.54) is 0 Å². The molecule has 106 valence electrons. The van der Waals surface area contributed by atoms with Crippen LogP contribution in [-0.2, 0) is 0 Å². The van der Waals surface area contributed by atoms with E-state index in [1.807, 2.05) is 6.92 Å². The fraction of sp³-hybridized carbons (Fsp3) is 0.538. The standard InChI is InChI=1S/C13H20ClN3OS/c1-4-15-12-6-10(5-11(14)17-12)13(18)16-7-9(2)8-19-3/h5-6,9H,4,7-8H2,1-3H3,(H,15,17)(H,16,18). The third kappa shape index (κ3) is 5.70. The van der Waals surface area contributed by atoms with Gasteiger partial charge in [0.1, 0.15) is 11.0 Å². The van der Waals surface area contributed by atoms with Crippen LogP contribution in [0.1, 0.15) is 24.2 Å². The minimum Gasteiger partial charge on any atom is -0.370 e. The first-order valence-electron chi connectivity index (χ1n) is 6.25. The average molecular weight is 302 g/mol. The zero-order valence-electron chi connectivity index (χ0n) is 11.5. The van der Waals surface area contributed by atoms with Gasteiger partial charge in [0.25, 0.3) is 5.91 Å². The van der Waals surface area contributed by atoms with Crippen molar-refractivity contribution < 1.29 is 4.79 Å². The van der Waals surface area contributed by atoms with Gasteiger partial charge in [-0.05, 0) is 37.0 Å². The van der Waals surface area contributed by atoms with Crippen molar-refractivity contribution in [1.82, 2.24) is 10.3 Å². The van der Waals surface area contributed by atoms with Crippen molar-refractivity contribution in [2.45, 2.75) is 13.8 Å². The fourth-order valence-corrected chi connectivity index (χ4v) is 2.51. The number of hydrogen-bond donors (Lipinski definition) is 2. The molecule has 1 amide bonds. The second-order valence-corrected chi connectivity index (χ2v) is 5.66. The first-order chi connectivity index (χ1) is 9.06. The zero-order chi connectivity index (χ0) is 14.3. The van der Waals surface area contributed by atoms with E-state index in [-0.39, 0.29) is 5.91 Å². The SMILES string of the molecule is CCNc1cc(C(=O)NCC(C)CSC)cc(Cl)n1. The summed E-state index contributed by atoms with van der Waals surface area (Å²) in [6, 6.07) is 3.29. The number of amides is 1. The summed E-state index contributed by atoms with van der Waals surface area (Å²) in [6.45, 7) is 5.47. The molecule has 0 saturated heterocycles. The van der Waals surface area contributed by atoms with E-state index < -0.39 is 0 Å². The van der Waals surface area contributed by atoms with Crippen LogP contribution in [0.25, 0.3) is 0 Å². The van der Waals surface area contributed by atoms with Gasteiger partial charge in [0.15, 0.2) is 0 Å². The Bertz CT molecular complexity index is 428. The number of nitrogens with zero attached hydrogens (tertiary/aromatic N) is 1. The predicted molar refractivity (Wildman–Crippen MR) is 83.3 cm³/mol. The molecule has 1 aromatic heterocycles. The van der Waals surface area contributed by atoms with E-state index >= 15 is 0 Å². The largest absolute Gasteiger partial charge is 0.370 e. The molecule has 0 aromatic carbocycles. The molecule has 0 saturated carbocycles. The topological polar surface area (TPSA) is 54.0 Å². The van der Waals surface area contributed by atoms with Crippen molar-refractivity contribution in [3.63, 3.8) is 0 Å². The predicted octanol–water partition coefficient (Wildman–Crippen LogP) is 2.90. The summed E-state index contributed by atoms with van der Waals surface area (Å²) in [6.07, 6.45) is 2.06. The van der Waals surface area contributed by atoms with E-state index in [4.69, 9.17) is 11.6 Å². The van der Waals surface area contributed by atoms with Crippen molar-refractivity contribution in [3.05, 3.63) is 22.8 Å². The fourth-order valence-electron chi connectivity index (χ4n) is 1.61. The number of hydrogen-bond acceptors (Lipinski definition) is 4. The van der Waals surface area contributed by atoms with Crippen LogP contribution in [0.2, 0.25) is 5.15 Å². The van der Waals surface area contributed by atoms with Crippen molar-refractivity contribution in [1.29, 1.82) is 0 Å². The lowest BCUT2D eigenvalue weighted by atomic mass is 10.2. The van der Waals surface area contributed by atoms with Crippen molar-refractivity contribution in [3.8, 4) is 0 Å². The van der Waals surface area contributed by atoms with Gasteiger partial charge in [-0.15, -0.1) is 0 Å². The van der Waals surface area contributed by atoms with Crippen LogP contribution in [0.15, 0.2) is 12.1 Å². The van der Waals surface area contributed by atoms with E-state index in [1.54, 1.807) is 23.9 Å². The number of thioether (sulfide) groups is 1. The van der Waals surface area contributed by atoms with Crippen molar-refractivity contribution in [2.24, 2.45) is 5.92 Å². The van der Waals surface area contributed by atoms with Gasteiger partial charge in [-0.25, -0.2) is 4.98 Å². The van der Waals surface area contributed by atoms with E-state index in [0.29, 0.717) is 29.0 Å². The Morgan fingerprint density at radius 3 is 2.89 bits per heavy atom. The highest BCUT2D eigenvalue weighted by molar-refractivity contribution is 7.98. The Morgan fingerprint density at radius 1 is 1.53 bits per heavy atom. The smallest absolute Gasteiger partial charge is 0.251 e. The molecule has 0 radical (unpaired) electrons. The molecular weight excluding hydrogens is 282 g/mol. The molecule has 4 nitrogen and oxygen atoms in total. The highest BCUT2D eigenvalue weighted by Gasteiger charge is 2.10. The second kappa shape index (κ2) is 8.27. The molecule has 1 aromatic rings. The molecule has 1 rings (SSSR count). The van der Waals surface area contributed by atoms with E-state index in [9.17, 15) is 4.79 Å². The zero-order valence-corrected chi connectivity index (χ0v) is 13.1. The molecule has 6 heteroatoms. The van der Waals surface area contributed by atoms with Crippen LogP contribution in [0.4, 0.5) is 5.82 Å². The maximum atomic E-state index is 12.0. The number of rotatable bonds is 7. The van der Waals surface area contributed by atoms with Gasteiger partial charge in [0.2, 0.25) is 0 Å². The summed E-state index contributed by atoms with van der Waals surface area (Å²) in [5.74, 6) is 1.98. The first-order valence-corrected chi connectivity index (χ1v) is 8.02. The third-order valence-electron chi connectivity index (χ3n) is 2.48. The number of halogens is 1. The van der Waals surface area contributed by atoms with Crippen molar-refractivity contribution >= 4 is 35.1 Å². The lowest BCUT2D eigenvalue weighted by molar-refractivity contribution is 0.0949. The Balaban J connectivity index is 2.65. The summed E-state index contributed by atoms with van der Waals surface area (Å²) in [4.78, 5) is 16.1. The van der Waals surface area contributed by atoms with E-state index in [0.717, 1.165) is 12.3 Å².